The molecule has 22 heavy (non-hydrogen) atoms. The number of hydrogen-bond donors (Lipinski definition) is 0. The number of carbonyl (C=O) groups is 1. The maximum atomic E-state index is 12.5. The summed E-state index contributed by atoms with van der Waals surface area (Å²) in [4.78, 5) is 24.3. The lowest BCUT2D eigenvalue weighted by Gasteiger charge is -2.21. The minimum Gasteiger partial charge on any atom is -0.335 e. The summed E-state index contributed by atoms with van der Waals surface area (Å²) in [6, 6.07) is 12.9. The molecule has 2 aromatic rings. The van der Waals surface area contributed by atoms with Crippen molar-refractivity contribution in [2.75, 3.05) is 6.54 Å². The molecule has 0 atom stereocenters. The summed E-state index contributed by atoms with van der Waals surface area (Å²) in [5.41, 5.74) is 1.24. The van der Waals surface area contributed by atoms with Crippen molar-refractivity contribution in [1.82, 2.24) is 4.90 Å². The highest BCUT2D eigenvalue weighted by Gasteiger charge is 2.16. The van der Waals surface area contributed by atoms with Crippen LogP contribution in [0, 0.1) is 10.1 Å². The van der Waals surface area contributed by atoms with Gasteiger partial charge in [-0.1, -0.05) is 29.8 Å². The van der Waals surface area contributed by atoms with Crippen LogP contribution >= 0.6 is 11.6 Å². The highest BCUT2D eigenvalue weighted by atomic mass is 35.5. The summed E-state index contributed by atoms with van der Waals surface area (Å²) < 4.78 is 0. The monoisotopic (exact) mass is 318 g/mol. The molecule has 0 unspecified atom stereocenters. The predicted octanol–water partition coefficient (Wildman–Crippen LogP) is 3.91. The molecule has 0 spiro atoms. The fourth-order valence-corrected chi connectivity index (χ4v) is 2.26. The Morgan fingerprint density at radius 3 is 2.36 bits per heavy atom. The van der Waals surface area contributed by atoms with Gasteiger partial charge in [0.1, 0.15) is 0 Å². The van der Waals surface area contributed by atoms with Gasteiger partial charge < -0.3 is 4.90 Å². The molecule has 0 aliphatic rings. The number of amides is 1. The number of non-ortho nitro benzene ring substituents is 1. The first-order valence-corrected chi connectivity index (χ1v) is 7.18. The number of rotatable bonds is 5. The molecule has 0 fully saturated rings. The molecule has 1 amide bonds. The van der Waals surface area contributed by atoms with Gasteiger partial charge in [0.2, 0.25) is 0 Å². The van der Waals surface area contributed by atoms with Crippen molar-refractivity contribution in [3.8, 4) is 0 Å². The lowest BCUT2D eigenvalue weighted by molar-refractivity contribution is -0.384. The van der Waals surface area contributed by atoms with Crippen LogP contribution in [0.3, 0.4) is 0 Å². The summed E-state index contributed by atoms with van der Waals surface area (Å²) in [5.74, 6) is -0.183. The molecule has 0 aliphatic heterocycles. The molecule has 0 aromatic heterocycles. The van der Waals surface area contributed by atoms with E-state index in [-0.39, 0.29) is 11.6 Å². The largest absolute Gasteiger partial charge is 0.335 e. The van der Waals surface area contributed by atoms with Gasteiger partial charge in [-0.3, -0.25) is 14.9 Å². The second kappa shape index (κ2) is 7.04. The minimum absolute atomic E-state index is 0.0364. The zero-order valence-electron chi connectivity index (χ0n) is 12.0. The number of halogens is 1. The summed E-state index contributed by atoms with van der Waals surface area (Å²) in [7, 11) is 0. The predicted molar refractivity (Wildman–Crippen MR) is 85.0 cm³/mol. The third-order valence-electron chi connectivity index (χ3n) is 3.31. The topological polar surface area (TPSA) is 63.5 Å². The van der Waals surface area contributed by atoms with Crippen LogP contribution in [-0.2, 0) is 6.54 Å². The molecule has 6 heteroatoms. The van der Waals surface area contributed by atoms with Crippen LogP contribution < -0.4 is 0 Å². The van der Waals surface area contributed by atoms with E-state index in [1.54, 1.807) is 11.0 Å². The van der Waals surface area contributed by atoms with Crippen molar-refractivity contribution in [1.29, 1.82) is 0 Å². The average Bonchev–Trinajstić information content (AvgIpc) is 2.53. The molecule has 2 aromatic carbocycles. The first-order chi connectivity index (χ1) is 10.5. The summed E-state index contributed by atoms with van der Waals surface area (Å²) in [5, 5.41) is 11.3. The molecular formula is C16H15ClN2O3. The Morgan fingerprint density at radius 1 is 1.18 bits per heavy atom. The fraction of sp³-hybridized carbons (Fsp3) is 0.188. The molecule has 0 bridgehead atoms. The van der Waals surface area contributed by atoms with E-state index >= 15 is 0 Å². The maximum absolute atomic E-state index is 12.5. The number of nitro benzene ring substituents is 1. The Hall–Kier alpha value is -2.40. The number of nitro groups is 1. The van der Waals surface area contributed by atoms with Crippen molar-refractivity contribution in [3.05, 3.63) is 74.8 Å². The molecule has 0 aliphatic carbocycles. The highest BCUT2D eigenvalue weighted by Crippen LogP contribution is 2.19. The minimum atomic E-state index is -0.490. The zero-order chi connectivity index (χ0) is 16.1. The van der Waals surface area contributed by atoms with Crippen LogP contribution in [0.4, 0.5) is 5.69 Å². The van der Waals surface area contributed by atoms with Crippen LogP contribution in [0.1, 0.15) is 22.8 Å². The van der Waals surface area contributed by atoms with E-state index in [9.17, 15) is 14.9 Å². The lowest BCUT2D eigenvalue weighted by atomic mass is 10.1. The van der Waals surface area contributed by atoms with E-state index < -0.39 is 4.92 Å². The Bertz CT molecular complexity index is 686. The van der Waals surface area contributed by atoms with Crippen LogP contribution in [0.5, 0.6) is 0 Å². The molecule has 114 valence electrons. The Labute approximate surface area is 133 Å². The van der Waals surface area contributed by atoms with E-state index in [2.05, 4.69) is 0 Å². The van der Waals surface area contributed by atoms with Gasteiger partial charge in [-0.05, 0) is 30.7 Å². The van der Waals surface area contributed by atoms with Gasteiger partial charge in [0.15, 0.2) is 0 Å². The van der Waals surface area contributed by atoms with Gasteiger partial charge in [0.25, 0.3) is 11.6 Å². The number of carbonyl (C=O) groups excluding carboxylic acids is 1. The van der Waals surface area contributed by atoms with Gasteiger partial charge in [-0.25, -0.2) is 0 Å². The fourth-order valence-electron chi connectivity index (χ4n) is 2.07. The molecule has 0 saturated heterocycles. The third-order valence-corrected chi connectivity index (χ3v) is 3.68. The van der Waals surface area contributed by atoms with E-state index in [0.717, 1.165) is 5.56 Å². The Morgan fingerprint density at radius 2 is 1.82 bits per heavy atom. The lowest BCUT2D eigenvalue weighted by Crippen LogP contribution is -2.30. The number of nitrogens with zero attached hydrogens (tertiary/aromatic N) is 2. The molecule has 0 saturated carbocycles. The first kappa shape index (κ1) is 16.0. The summed E-state index contributed by atoms with van der Waals surface area (Å²) >= 11 is 6.12. The Balaban J connectivity index is 2.18. The first-order valence-electron chi connectivity index (χ1n) is 6.80. The number of benzene rings is 2. The highest BCUT2D eigenvalue weighted by molar-refractivity contribution is 6.31. The van der Waals surface area contributed by atoms with Gasteiger partial charge >= 0.3 is 0 Å². The number of hydrogen-bond acceptors (Lipinski definition) is 3. The van der Waals surface area contributed by atoms with E-state index in [0.29, 0.717) is 23.7 Å². The average molecular weight is 319 g/mol. The van der Waals surface area contributed by atoms with Crippen molar-refractivity contribution in [2.45, 2.75) is 13.5 Å². The van der Waals surface area contributed by atoms with Crippen LogP contribution in [0.25, 0.3) is 0 Å². The summed E-state index contributed by atoms with van der Waals surface area (Å²) in [6.07, 6.45) is 0. The SMILES string of the molecule is CCN(Cc1ccccc1Cl)C(=O)c1ccc([N+](=O)[O-])cc1. The van der Waals surface area contributed by atoms with Gasteiger partial charge in [0, 0.05) is 35.8 Å². The quantitative estimate of drug-likeness (QED) is 0.620. The van der Waals surface area contributed by atoms with Gasteiger partial charge in [-0.2, -0.15) is 0 Å². The summed E-state index contributed by atoms with van der Waals surface area (Å²) in [6.45, 7) is 2.78. The van der Waals surface area contributed by atoms with E-state index in [4.69, 9.17) is 11.6 Å². The normalized spacial score (nSPS) is 10.3. The van der Waals surface area contributed by atoms with Crippen molar-refractivity contribution < 1.29 is 9.72 Å². The van der Waals surface area contributed by atoms with Crippen LogP contribution in [-0.4, -0.2) is 22.3 Å². The van der Waals surface area contributed by atoms with Gasteiger partial charge in [0.05, 0.1) is 4.92 Å². The second-order valence-corrected chi connectivity index (χ2v) is 5.12. The molecule has 5 nitrogen and oxygen atoms in total. The van der Waals surface area contributed by atoms with Crippen molar-refractivity contribution in [2.24, 2.45) is 0 Å². The Kier molecular flexibility index (Phi) is 5.12. The van der Waals surface area contributed by atoms with Crippen LogP contribution in [0.2, 0.25) is 5.02 Å². The molecule has 0 heterocycles. The second-order valence-electron chi connectivity index (χ2n) is 4.71. The van der Waals surface area contributed by atoms with Crippen molar-refractivity contribution in [3.63, 3.8) is 0 Å². The standard InChI is InChI=1S/C16H15ClN2O3/c1-2-18(11-13-5-3-4-6-15(13)17)16(20)12-7-9-14(10-8-12)19(21)22/h3-10H,2,11H2,1H3. The zero-order valence-corrected chi connectivity index (χ0v) is 12.8. The maximum Gasteiger partial charge on any atom is 0.269 e. The molecule has 0 N–H and O–H groups in total. The molecule has 0 radical (unpaired) electrons. The van der Waals surface area contributed by atoms with E-state index in [1.165, 1.54) is 24.3 Å². The molecular weight excluding hydrogens is 304 g/mol. The smallest absolute Gasteiger partial charge is 0.269 e. The van der Waals surface area contributed by atoms with Gasteiger partial charge in [-0.15, -0.1) is 0 Å². The van der Waals surface area contributed by atoms with Crippen LogP contribution in [0.15, 0.2) is 48.5 Å². The van der Waals surface area contributed by atoms with Crippen molar-refractivity contribution >= 4 is 23.2 Å². The van der Waals surface area contributed by atoms with E-state index in [1.807, 2.05) is 25.1 Å². The molecule has 2 rings (SSSR count). The third kappa shape index (κ3) is 3.62.